The van der Waals surface area contributed by atoms with E-state index in [-0.39, 0.29) is 6.10 Å². The van der Waals surface area contributed by atoms with Crippen molar-refractivity contribution >= 4 is 11.6 Å². The normalized spacial score (nSPS) is 24.6. The molecule has 1 fully saturated rings. The summed E-state index contributed by atoms with van der Waals surface area (Å²) in [6.07, 6.45) is 0.0828. The maximum Gasteiger partial charge on any atom is 0.137 e. The minimum atomic E-state index is 0.0828. The zero-order valence-electron chi connectivity index (χ0n) is 10.2. The maximum absolute atomic E-state index is 6.16. The van der Waals surface area contributed by atoms with Crippen LogP contribution in [0.5, 0.6) is 5.75 Å². The van der Waals surface area contributed by atoms with E-state index in [0.717, 1.165) is 24.5 Å². The van der Waals surface area contributed by atoms with Crippen LogP contribution in [0, 0.1) is 0 Å². The summed E-state index contributed by atoms with van der Waals surface area (Å²) in [6.45, 7) is 6.24. The molecule has 2 atom stereocenters. The third kappa shape index (κ3) is 3.12. The van der Waals surface area contributed by atoms with Gasteiger partial charge in [0.05, 0.1) is 24.3 Å². The van der Waals surface area contributed by atoms with Gasteiger partial charge in [0.1, 0.15) is 5.75 Å². The highest BCUT2D eigenvalue weighted by atomic mass is 35.5. The number of benzene rings is 1. The van der Waals surface area contributed by atoms with Gasteiger partial charge in [0.25, 0.3) is 0 Å². The van der Waals surface area contributed by atoms with E-state index in [0.29, 0.717) is 17.7 Å². The van der Waals surface area contributed by atoms with Crippen molar-refractivity contribution < 1.29 is 9.47 Å². The van der Waals surface area contributed by atoms with Gasteiger partial charge in [-0.05, 0) is 31.5 Å². The van der Waals surface area contributed by atoms with Crippen molar-refractivity contribution in [1.29, 1.82) is 0 Å². The van der Waals surface area contributed by atoms with Gasteiger partial charge < -0.3 is 14.8 Å². The number of hydrogen-bond acceptors (Lipinski definition) is 3. The summed E-state index contributed by atoms with van der Waals surface area (Å²) in [5.74, 6) is 0.732. The molecule has 1 N–H and O–H groups in total. The van der Waals surface area contributed by atoms with Crippen LogP contribution in [0.4, 0.5) is 0 Å². The fourth-order valence-electron chi connectivity index (χ4n) is 1.89. The monoisotopic (exact) mass is 255 g/mol. The molecule has 1 aromatic carbocycles. The van der Waals surface area contributed by atoms with Crippen LogP contribution in [0.25, 0.3) is 0 Å². The fourth-order valence-corrected chi connectivity index (χ4v) is 2.13. The van der Waals surface area contributed by atoms with Crippen molar-refractivity contribution in [1.82, 2.24) is 5.32 Å². The molecule has 1 heterocycles. The van der Waals surface area contributed by atoms with Gasteiger partial charge in [0, 0.05) is 12.6 Å². The van der Waals surface area contributed by atoms with E-state index in [9.17, 15) is 0 Å². The molecule has 0 radical (unpaired) electrons. The van der Waals surface area contributed by atoms with Crippen molar-refractivity contribution in [2.75, 3.05) is 19.8 Å². The summed E-state index contributed by atoms with van der Waals surface area (Å²) in [4.78, 5) is 0. The highest BCUT2D eigenvalue weighted by Crippen LogP contribution is 2.29. The smallest absolute Gasteiger partial charge is 0.137 e. The highest BCUT2D eigenvalue weighted by Gasteiger charge is 2.20. The Balaban J connectivity index is 2.09. The van der Waals surface area contributed by atoms with Crippen molar-refractivity contribution in [3.63, 3.8) is 0 Å². The van der Waals surface area contributed by atoms with Gasteiger partial charge in [-0.25, -0.2) is 0 Å². The van der Waals surface area contributed by atoms with Crippen molar-refractivity contribution in [2.45, 2.75) is 26.0 Å². The summed E-state index contributed by atoms with van der Waals surface area (Å²) in [5, 5.41) is 4.04. The summed E-state index contributed by atoms with van der Waals surface area (Å²) >= 11 is 6.16. The standard InChI is InChI=1S/C13H18ClNO2/c1-3-16-12-5-4-10(6-11(12)14)13-7-15-9(2)8-17-13/h4-6,9,13,15H,3,7-8H2,1-2H3. The summed E-state index contributed by atoms with van der Waals surface area (Å²) in [6, 6.07) is 6.26. The molecule has 2 rings (SSSR count). The van der Waals surface area contributed by atoms with Gasteiger partial charge in [0.15, 0.2) is 0 Å². The van der Waals surface area contributed by atoms with E-state index in [4.69, 9.17) is 21.1 Å². The van der Waals surface area contributed by atoms with E-state index in [1.54, 1.807) is 0 Å². The van der Waals surface area contributed by atoms with Crippen LogP contribution in [0.3, 0.4) is 0 Å². The number of ether oxygens (including phenoxy) is 2. The molecule has 2 unspecified atom stereocenters. The first-order valence-corrected chi connectivity index (χ1v) is 6.35. The van der Waals surface area contributed by atoms with Gasteiger partial charge in [0.2, 0.25) is 0 Å². The highest BCUT2D eigenvalue weighted by molar-refractivity contribution is 6.32. The van der Waals surface area contributed by atoms with E-state index in [1.807, 2.05) is 25.1 Å². The summed E-state index contributed by atoms with van der Waals surface area (Å²) in [7, 11) is 0. The molecule has 1 saturated heterocycles. The number of nitrogens with one attached hydrogen (secondary N) is 1. The summed E-state index contributed by atoms with van der Waals surface area (Å²) < 4.78 is 11.2. The van der Waals surface area contributed by atoms with Crippen LogP contribution in [0.1, 0.15) is 25.5 Å². The minimum Gasteiger partial charge on any atom is -0.492 e. The quantitative estimate of drug-likeness (QED) is 0.901. The van der Waals surface area contributed by atoms with Crippen LogP contribution in [0.2, 0.25) is 5.02 Å². The van der Waals surface area contributed by atoms with E-state index >= 15 is 0 Å². The molecule has 1 aliphatic rings. The minimum absolute atomic E-state index is 0.0828. The number of hydrogen-bond donors (Lipinski definition) is 1. The Hall–Kier alpha value is -0.770. The molecule has 3 nitrogen and oxygen atoms in total. The van der Waals surface area contributed by atoms with Gasteiger partial charge >= 0.3 is 0 Å². The van der Waals surface area contributed by atoms with Gasteiger partial charge in [-0.1, -0.05) is 17.7 Å². The first-order chi connectivity index (χ1) is 8.20. The largest absolute Gasteiger partial charge is 0.492 e. The van der Waals surface area contributed by atoms with Crippen LogP contribution >= 0.6 is 11.6 Å². The Kier molecular flexibility index (Phi) is 4.26. The predicted octanol–water partition coefficient (Wildman–Crippen LogP) is 2.79. The molecule has 0 spiro atoms. The van der Waals surface area contributed by atoms with Crippen LogP contribution in [-0.2, 0) is 4.74 Å². The molecule has 0 aliphatic carbocycles. The lowest BCUT2D eigenvalue weighted by Crippen LogP contribution is -2.40. The average molecular weight is 256 g/mol. The number of rotatable bonds is 3. The van der Waals surface area contributed by atoms with Crippen molar-refractivity contribution in [3.05, 3.63) is 28.8 Å². The third-order valence-corrected chi connectivity index (χ3v) is 3.12. The SMILES string of the molecule is CCOc1ccc(C2CNC(C)CO2)cc1Cl. The summed E-state index contributed by atoms with van der Waals surface area (Å²) in [5.41, 5.74) is 1.10. The lowest BCUT2D eigenvalue weighted by atomic mass is 10.1. The Morgan fingerprint density at radius 3 is 2.94 bits per heavy atom. The Labute approximate surface area is 107 Å². The molecule has 0 amide bonds. The molecule has 17 heavy (non-hydrogen) atoms. The average Bonchev–Trinajstić information content (AvgIpc) is 2.33. The Bertz CT molecular complexity index is 376. The second-order valence-corrected chi connectivity index (χ2v) is 4.66. The molecule has 1 aromatic rings. The third-order valence-electron chi connectivity index (χ3n) is 2.83. The van der Waals surface area contributed by atoms with Crippen molar-refractivity contribution in [2.24, 2.45) is 0 Å². The molecular weight excluding hydrogens is 238 g/mol. The van der Waals surface area contributed by atoms with Crippen LogP contribution < -0.4 is 10.1 Å². The predicted molar refractivity (Wildman–Crippen MR) is 68.8 cm³/mol. The lowest BCUT2D eigenvalue weighted by Gasteiger charge is -2.28. The maximum atomic E-state index is 6.16. The topological polar surface area (TPSA) is 30.5 Å². The number of halogens is 1. The number of morpholine rings is 1. The van der Waals surface area contributed by atoms with Crippen molar-refractivity contribution in [3.8, 4) is 5.75 Å². The van der Waals surface area contributed by atoms with E-state index in [1.165, 1.54) is 0 Å². The molecule has 0 saturated carbocycles. The zero-order chi connectivity index (χ0) is 12.3. The first-order valence-electron chi connectivity index (χ1n) is 5.98. The molecule has 94 valence electrons. The molecule has 4 heteroatoms. The molecule has 1 aliphatic heterocycles. The second kappa shape index (κ2) is 5.71. The molecular formula is C13H18ClNO2. The Morgan fingerprint density at radius 2 is 2.35 bits per heavy atom. The molecule has 0 aromatic heterocycles. The van der Waals surface area contributed by atoms with Gasteiger partial charge in [-0.3, -0.25) is 0 Å². The van der Waals surface area contributed by atoms with Gasteiger partial charge in [-0.2, -0.15) is 0 Å². The first kappa shape index (κ1) is 12.7. The zero-order valence-corrected chi connectivity index (χ0v) is 11.0. The van der Waals surface area contributed by atoms with E-state index < -0.39 is 0 Å². The van der Waals surface area contributed by atoms with Gasteiger partial charge in [-0.15, -0.1) is 0 Å². The fraction of sp³-hybridized carbons (Fsp3) is 0.538. The van der Waals surface area contributed by atoms with Crippen LogP contribution in [0.15, 0.2) is 18.2 Å². The molecule has 0 bridgehead atoms. The Morgan fingerprint density at radius 1 is 1.53 bits per heavy atom. The second-order valence-electron chi connectivity index (χ2n) is 4.25. The van der Waals surface area contributed by atoms with E-state index in [2.05, 4.69) is 12.2 Å². The van der Waals surface area contributed by atoms with Crippen LogP contribution in [-0.4, -0.2) is 25.8 Å². The lowest BCUT2D eigenvalue weighted by molar-refractivity contribution is 0.00693.